The van der Waals surface area contributed by atoms with Gasteiger partial charge >= 0.3 is 0 Å². The standard InChI is InChI=1S/C5H12N2O2S/c8-10(9)5-7-3-1-6-2-4-7/h6,10H,1-5H2. The molecule has 0 amide bonds. The van der Waals surface area contributed by atoms with E-state index in [0.29, 0.717) is 0 Å². The molecule has 60 valence electrons. The summed E-state index contributed by atoms with van der Waals surface area (Å²) in [4.78, 5) is 1.93. The van der Waals surface area contributed by atoms with Crippen molar-refractivity contribution in [2.45, 2.75) is 0 Å². The van der Waals surface area contributed by atoms with E-state index < -0.39 is 10.7 Å². The lowest BCUT2D eigenvalue weighted by atomic mass is 10.4. The number of hydrogen-bond acceptors (Lipinski definition) is 4. The van der Waals surface area contributed by atoms with Crippen LogP contribution in [0.25, 0.3) is 0 Å². The van der Waals surface area contributed by atoms with Gasteiger partial charge in [0.05, 0.1) is 5.88 Å². The van der Waals surface area contributed by atoms with E-state index >= 15 is 0 Å². The van der Waals surface area contributed by atoms with Gasteiger partial charge in [0, 0.05) is 26.2 Å². The molecular formula is C5H12N2O2S. The quantitative estimate of drug-likeness (QED) is 0.486. The summed E-state index contributed by atoms with van der Waals surface area (Å²) in [6.07, 6.45) is 0. The minimum absolute atomic E-state index is 0.219. The van der Waals surface area contributed by atoms with E-state index in [1.165, 1.54) is 0 Å². The number of thiol groups is 1. The molecule has 0 atom stereocenters. The molecule has 1 rings (SSSR count). The molecule has 5 heteroatoms. The van der Waals surface area contributed by atoms with Crippen molar-refractivity contribution in [3.8, 4) is 0 Å². The third-order valence-corrected chi connectivity index (χ3v) is 2.16. The molecule has 0 aromatic rings. The molecule has 1 fully saturated rings. The molecule has 1 saturated heterocycles. The maximum absolute atomic E-state index is 10.2. The lowest BCUT2D eigenvalue weighted by Crippen LogP contribution is -2.43. The summed E-state index contributed by atoms with van der Waals surface area (Å²) in [6, 6.07) is 0. The minimum Gasteiger partial charge on any atom is -0.314 e. The summed E-state index contributed by atoms with van der Waals surface area (Å²) in [5.74, 6) is 0.219. The molecule has 0 spiro atoms. The van der Waals surface area contributed by atoms with Crippen LogP contribution in [0.1, 0.15) is 0 Å². The van der Waals surface area contributed by atoms with Crippen molar-refractivity contribution in [3.63, 3.8) is 0 Å². The smallest absolute Gasteiger partial charge is 0.153 e. The van der Waals surface area contributed by atoms with Gasteiger partial charge in [-0.25, -0.2) is 8.42 Å². The van der Waals surface area contributed by atoms with Crippen LogP contribution < -0.4 is 5.32 Å². The average molecular weight is 164 g/mol. The molecule has 1 aliphatic rings. The Labute approximate surface area is 62.2 Å². The first-order valence-corrected chi connectivity index (χ1v) is 4.70. The fourth-order valence-corrected chi connectivity index (χ4v) is 1.63. The van der Waals surface area contributed by atoms with Gasteiger partial charge in [0.1, 0.15) is 0 Å². The van der Waals surface area contributed by atoms with Gasteiger partial charge in [0.15, 0.2) is 10.7 Å². The third-order valence-electron chi connectivity index (χ3n) is 1.53. The Kier molecular flexibility index (Phi) is 3.11. The zero-order valence-electron chi connectivity index (χ0n) is 5.75. The van der Waals surface area contributed by atoms with E-state index in [2.05, 4.69) is 5.32 Å². The van der Waals surface area contributed by atoms with Crippen LogP contribution in [0, 0.1) is 0 Å². The van der Waals surface area contributed by atoms with Gasteiger partial charge in [0.25, 0.3) is 0 Å². The second-order valence-electron chi connectivity index (χ2n) is 2.34. The maximum atomic E-state index is 10.2. The van der Waals surface area contributed by atoms with Crippen molar-refractivity contribution >= 4 is 10.7 Å². The van der Waals surface area contributed by atoms with Gasteiger partial charge in [-0.2, -0.15) is 0 Å². The molecule has 10 heavy (non-hydrogen) atoms. The van der Waals surface area contributed by atoms with Crippen LogP contribution in [-0.2, 0) is 10.7 Å². The summed E-state index contributed by atoms with van der Waals surface area (Å²) in [5.41, 5.74) is 0. The molecule has 1 aliphatic heterocycles. The molecular weight excluding hydrogens is 152 g/mol. The number of piperazine rings is 1. The molecule has 0 aliphatic carbocycles. The van der Waals surface area contributed by atoms with Gasteiger partial charge in [-0.3, -0.25) is 4.90 Å². The Hall–Kier alpha value is -0.130. The third kappa shape index (κ3) is 2.64. The van der Waals surface area contributed by atoms with Crippen molar-refractivity contribution in [1.29, 1.82) is 0 Å². The minimum atomic E-state index is -2.23. The average Bonchev–Trinajstić information content (AvgIpc) is 1.88. The Bertz CT molecular complexity index is 155. The van der Waals surface area contributed by atoms with Crippen LogP contribution in [0.5, 0.6) is 0 Å². The Balaban J connectivity index is 2.26. The van der Waals surface area contributed by atoms with Crippen LogP contribution in [0.15, 0.2) is 0 Å². The molecule has 0 unspecified atom stereocenters. The Morgan fingerprint density at radius 1 is 1.30 bits per heavy atom. The number of nitrogens with one attached hydrogen (secondary N) is 1. The van der Waals surface area contributed by atoms with Crippen molar-refractivity contribution in [2.24, 2.45) is 0 Å². The number of rotatable bonds is 2. The summed E-state index contributed by atoms with van der Waals surface area (Å²) < 4.78 is 20.5. The second-order valence-corrected chi connectivity index (χ2v) is 3.29. The van der Waals surface area contributed by atoms with Gasteiger partial charge in [0.2, 0.25) is 0 Å². The molecule has 1 heterocycles. The molecule has 4 nitrogen and oxygen atoms in total. The van der Waals surface area contributed by atoms with E-state index in [4.69, 9.17) is 0 Å². The normalized spacial score (nSPS) is 21.7. The molecule has 0 aromatic carbocycles. The topological polar surface area (TPSA) is 49.4 Å². The van der Waals surface area contributed by atoms with Crippen molar-refractivity contribution in [1.82, 2.24) is 10.2 Å². The first kappa shape index (κ1) is 7.97. The highest BCUT2D eigenvalue weighted by atomic mass is 32.2. The van der Waals surface area contributed by atoms with Crippen LogP contribution >= 0.6 is 0 Å². The number of nitrogens with zero attached hydrogens (tertiary/aromatic N) is 1. The molecule has 0 saturated carbocycles. The fourth-order valence-electron chi connectivity index (χ4n) is 1.02. The maximum Gasteiger partial charge on any atom is 0.153 e. The van der Waals surface area contributed by atoms with Crippen LogP contribution in [-0.4, -0.2) is 45.4 Å². The molecule has 0 aromatic heterocycles. The van der Waals surface area contributed by atoms with Crippen LogP contribution in [0.2, 0.25) is 0 Å². The van der Waals surface area contributed by atoms with E-state index in [-0.39, 0.29) is 5.88 Å². The summed E-state index contributed by atoms with van der Waals surface area (Å²) >= 11 is 0. The van der Waals surface area contributed by atoms with Crippen molar-refractivity contribution in [2.75, 3.05) is 32.1 Å². The zero-order chi connectivity index (χ0) is 7.40. The van der Waals surface area contributed by atoms with Crippen LogP contribution in [0.3, 0.4) is 0 Å². The van der Waals surface area contributed by atoms with Gasteiger partial charge < -0.3 is 5.32 Å². The van der Waals surface area contributed by atoms with Crippen molar-refractivity contribution in [3.05, 3.63) is 0 Å². The predicted octanol–water partition coefficient (Wildman–Crippen LogP) is -1.54. The van der Waals surface area contributed by atoms with Gasteiger partial charge in [-0.05, 0) is 0 Å². The molecule has 0 radical (unpaired) electrons. The highest BCUT2D eigenvalue weighted by Gasteiger charge is 2.08. The highest BCUT2D eigenvalue weighted by Crippen LogP contribution is 1.90. The first-order valence-electron chi connectivity index (χ1n) is 3.34. The van der Waals surface area contributed by atoms with Crippen molar-refractivity contribution < 1.29 is 8.42 Å². The number of hydrogen-bond donors (Lipinski definition) is 2. The summed E-state index contributed by atoms with van der Waals surface area (Å²) in [5, 5.41) is 3.15. The molecule has 0 bridgehead atoms. The van der Waals surface area contributed by atoms with Gasteiger partial charge in [-0.15, -0.1) is 0 Å². The van der Waals surface area contributed by atoms with E-state index in [1.54, 1.807) is 0 Å². The van der Waals surface area contributed by atoms with E-state index in [0.717, 1.165) is 26.2 Å². The fraction of sp³-hybridized carbons (Fsp3) is 1.00. The van der Waals surface area contributed by atoms with E-state index in [1.807, 2.05) is 4.90 Å². The summed E-state index contributed by atoms with van der Waals surface area (Å²) in [6.45, 7) is 3.51. The predicted molar refractivity (Wildman–Crippen MR) is 39.6 cm³/mol. The van der Waals surface area contributed by atoms with E-state index in [9.17, 15) is 8.42 Å². The lowest BCUT2D eigenvalue weighted by molar-refractivity contribution is 0.276. The van der Waals surface area contributed by atoms with Gasteiger partial charge in [-0.1, -0.05) is 0 Å². The second kappa shape index (κ2) is 3.90. The lowest BCUT2D eigenvalue weighted by Gasteiger charge is -2.24. The summed E-state index contributed by atoms with van der Waals surface area (Å²) in [7, 11) is -2.23. The monoisotopic (exact) mass is 164 g/mol. The Morgan fingerprint density at radius 3 is 2.40 bits per heavy atom. The highest BCUT2D eigenvalue weighted by molar-refractivity contribution is 7.72. The zero-order valence-corrected chi connectivity index (χ0v) is 6.64. The SMILES string of the molecule is O=[SH](=O)CN1CCNCC1. The Morgan fingerprint density at radius 2 is 1.90 bits per heavy atom. The molecule has 1 N–H and O–H groups in total. The largest absolute Gasteiger partial charge is 0.314 e. The first-order chi connectivity index (χ1) is 4.79. The van der Waals surface area contributed by atoms with Crippen LogP contribution in [0.4, 0.5) is 0 Å².